The fraction of sp³-hybridized carbons (Fsp3) is 0.351. The summed E-state index contributed by atoms with van der Waals surface area (Å²) in [5.74, 6) is -2.11. The van der Waals surface area contributed by atoms with Crippen molar-refractivity contribution in [3.63, 3.8) is 0 Å². The van der Waals surface area contributed by atoms with Gasteiger partial charge in [-0.05, 0) is 72.6 Å². The molecule has 2 aromatic carbocycles. The van der Waals surface area contributed by atoms with E-state index < -0.39 is 60.0 Å². The molecule has 3 N–H and O–H groups in total. The molecule has 0 bridgehead atoms. The van der Waals surface area contributed by atoms with Crippen LogP contribution in [0.2, 0.25) is 5.02 Å². The Labute approximate surface area is 308 Å². The molecule has 16 heteroatoms. The van der Waals surface area contributed by atoms with Crippen molar-refractivity contribution in [2.24, 2.45) is 10.4 Å². The number of ether oxygens (including phenoxy) is 1. The van der Waals surface area contributed by atoms with Gasteiger partial charge < -0.3 is 15.2 Å². The summed E-state index contributed by atoms with van der Waals surface area (Å²) in [5, 5.41) is 18.9. The molecule has 2 aliphatic rings. The summed E-state index contributed by atoms with van der Waals surface area (Å²) in [6.45, 7) is 3.96. The van der Waals surface area contributed by atoms with Gasteiger partial charge in [0.2, 0.25) is 5.96 Å². The highest BCUT2D eigenvalue weighted by molar-refractivity contribution is 6.33. The molecule has 2 aromatic heterocycles. The molecule has 1 aliphatic carbocycles. The first kappa shape index (κ1) is 37.3. The first-order chi connectivity index (χ1) is 25.1. The number of hydrogen-bond donors (Lipinski definition) is 3. The van der Waals surface area contributed by atoms with Crippen LogP contribution in [-0.2, 0) is 15.1 Å². The van der Waals surface area contributed by atoms with E-state index in [1.54, 1.807) is 30.5 Å². The number of rotatable bonds is 10. The summed E-state index contributed by atoms with van der Waals surface area (Å²) in [6, 6.07) is 11.1. The predicted octanol–water partition coefficient (Wildman–Crippen LogP) is 7.84. The van der Waals surface area contributed by atoms with Crippen LogP contribution in [-0.4, -0.2) is 61.5 Å². The van der Waals surface area contributed by atoms with Crippen LogP contribution in [0.3, 0.4) is 0 Å². The van der Waals surface area contributed by atoms with Gasteiger partial charge >= 0.3 is 18.7 Å². The van der Waals surface area contributed by atoms with Gasteiger partial charge in [0, 0.05) is 40.1 Å². The smallest absolute Gasteiger partial charge is 0.411 e. The lowest BCUT2D eigenvalue weighted by molar-refractivity contribution is -0.135. The quantitative estimate of drug-likeness (QED) is 0.149. The highest BCUT2D eigenvalue weighted by Gasteiger charge is 2.55. The number of alkyl carbamates (subject to hydrolysis) is 1. The summed E-state index contributed by atoms with van der Waals surface area (Å²) in [6.07, 6.45) is 3.04. The van der Waals surface area contributed by atoms with E-state index in [2.05, 4.69) is 25.7 Å². The van der Waals surface area contributed by atoms with Crippen molar-refractivity contribution in [3.05, 3.63) is 94.7 Å². The topological polar surface area (TPSA) is 151 Å². The molecule has 278 valence electrons. The molecule has 1 saturated carbocycles. The Morgan fingerprint density at radius 1 is 1.13 bits per heavy atom. The van der Waals surface area contributed by atoms with Crippen LogP contribution in [0.4, 0.5) is 22.8 Å². The summed E-state index contributed by atoms with van der Waals surface area (Å²) in [4.78, 5) is 50.4. The molecular formula is C37H37ClF3N7O5. The largest absolute Gasteiger partial charge is 0.465 e. The number of aryl methyl sites for hydroxylation is 1. The van der Waals surface area contributed by atoms with Gasteiger partial charge in [-0.1, -0.05) is 56.6 Å². The molecule has 3 amide bonds. The van der Waals surface area contributed by atoms with Crippen molar-refractivity contribution in [1.82, 2.24) is 30.3 Å². The molecule has 1 unspecified atom stereocenters. The van der Waals surface area contributed by atoms with E-state index in [1.165, 1.54) is 12.1 Å². The Bertz CT molecular complexity index is 2100. The van der Waals surface area contributed by atoms with Crippen LogP contribution in [0.5, 0.6) is 0 Å². The first-order valence-corrected chi connectivity index (χ1v) is 17.1. The van der Waals surface area contributed by atoms with E-state index in [1.807, 2.05) is 33.8 Å². The molecule has 3 heterocycles. The van der Waals surface area contributed by atoms with Gasteiger partial charge in [-0.15, -0.1) is 0 Å². The van der Waals surface area contributed by atoms with Crippen molar-refractivity contribution >= 4 is 35.7 Å². The highest BCUT2D eigenvalue weighted by atomic mass is 35.5. The minimum atomic E-state index is -2.90. The molecule has 1 fully saturated rings. The highest BCUT2D eigenvalue weighted by Crippen LogP contribution is 2.47. The summed E-state index contributed by atoms with van der Waals surface area (Å²) in [5.41, 5.74) is -0.212. The normalized spacial score (nSPS) is 17.9. The summed E-state index contributed by atoms with van der Waals surface area (Å²) < 4.78 is 49.0. The molecular weight excluding hydrogens is 715 g/mol. The number of pyridine rings is 1. The molecule has 4 aromatic rings. The van der Waals surface area contributed by atoms with Crippen LogP contribution in [0.15, 0.2) is 72.1 Å². The van der Waals surface area contributed by atoms with Crippen molar-refractivity contribution in [2.75, 3.05) is 6.61 Å². The van der Waals surface area contributed by atoms with Crippen molar-refractivity contribution in [1.29, 1.82) is 0 Å². The van der Waals surface area contributed by atoms with Gasteiger partial charge in [0.25, 0.3) is 5.91 Å². The Morgan fingerprint density at radius 2 is 1.89 bits per heavy atom. The van der Waals surface area contributed by atoms with Crippen LogP contribution < -0.4 is 10.6 Å². The fourth-order valence-electron chi connectivity index (χ4n) is 6.44. The van der Waals surface area contributed by atoms with E-state index in [0.717, 1.165) is 41.8 Å². The van der Waals surface area contributed by atoms with Crippen molar-refractivity contribution < 1.29 is 37.4 Å². The number of nitrogens with zero attached hydrogens (tertiary/aromatic N) is 5. The van der Waals surface area contributed by atoms with Crippen molar-refractivity contribution in [2.45, 2.75) is 71.1 Å². The maximum Gasteiger partial charge on any atom is 0.411 e. The molecule has 1 aliphatic heterocycles. The number of carbonyl (C=O) groups excluding carboxylic acids is 2. The molecule has 12 nitrogen and oxygen atoms in total. The number of nitrogens with one attached hydrogen (secondary N) is 2. The van der Waals surface area contributed by atoms with Crippen LogP contribution >= 0.6 is 11.6 Å². The van der Waals surface area contributed by atoms with Crippen LogP contribution in [0, 0.1) is 18.2 Å². The van der Waals surface area contributed by atoms with E-state index >= 15 is 9.18 Å². The van der Waals surface area contributed by atoms with Gasteiger partial charge in [0.05, 0.1) is 17.9 Å². The van der Waals surface area contributed by atoms with E-state index in [0.29, 0.717) is 26.5 Å². The zero-order chi connectivity index (χ0) is 38.2. The van der Waals surface area contributed by atoms with Gasteiger partial charge in [-0.3, -0.25) is 20.0 Å². The van der Waals surface area contributed by atoms with Crippen molar-refractivity contribution in [3.8, 4) is 22.4 Å². The summed E-state index contributed by atoms with van der Waals surface area (Å²) in [7, 11) is 0. The predicted molar refractivity (Wildman–Crippen MR) is 190 cm³/mol. The average molecular weight is 752 g/mol. The standard InChI is InChI=1S/C37H37ClF3N7O5/c1-20-6-5-13-42-30(20)25-14-22(8-12-27(25)38)29(18-53-35(52)44-24-9-10-24)48-31(49)37(19-36(2,3)4,46-33(48)45-34(50)51)26-11-7-21(15-28(26)39)23-16-43-47(17-23)32(40)41/h5-8,11-17,24,29,32H,9-10,18-19H2,1-4H3,(H,44,52)(H,45,46)(H,50,51)/t29-,37?/m1/s1. The number of halogens is 4. The third-order valence-electron chi connectivity index (χ3n) is 8.87. The Morgan fingerprint density at radius 3 is 2.51 bits per heavy atom. The molecule has 0 radical (unpaired) electrons. The number of alkyl halides is 2. The first-order valence-electron chi connectivity index (χ1n) is 16.8. The van der Waals surface area contributed by atoms with Gasteiger partial charge in [0.15, 0.2) is 5.54 Å². The lowest BCUT2D eigenvalue weighted by Crippen LogP contribution is -2.49. The second kappa shape index (κ2) is 14.5. The lowest BCUT2D eigenvalue weighted by atomic mass is 9.75. The zero-order valence-corrected chi connectivity index (χ0v) is 30.0. The Balaban J connectivity index is 1.49. The third-order valence-corrected chi connectivity index (χ3v) is 9.20. The number of guanidine groups is 1. The number of carbonyl (C=O) groups is 3. The minimum Gasteiger partial charge on any atom is -0.465 e. The maximum absolute atomic E-state index is 16.4. The number of benzene rings is 2. The molecule has 53 heavy (non-hydrogen) atoms. The van der Waals surface area contributed by atoms with E-state index in [4.69, 9.17) is 16.3 Å². The lowest BCUT2D eigenvalue weighted by Gasteiger charge is -2.35. The third kappa shape index (κ3) is 7.99. The van der Waals surface area contributed by atoms with Crippen LogP contribution in [0.25, 0.3) is 22.4 Å². The number of aromatic nitrogens is 3. The minimum absolute atomic E-state index is 0.0375. The molecule has 2 atom stereocenters. The molecule has 6 rings (SSSR count). The monoisotopic (exact) mass is 751 g/mol. The number of aliphatic imine (C=N–C) groups is 1. The maximum atomic E-state index is 16.4. The number of carboxylic acid groups (broad SMARTS) is 1. The SMILES string of the molecule is Cc1cccnc1-c1cc([C@@H](COC(=O)NC2CC2)N2C(=O)C(CC(C)(C)C)(c3ccc(-c4cnn(C(F)F)c4)cc3F)N=C2NC(=O)O)ccc1Cl. The fourth-order valence-corrected chi connectivity index (χ4v) is 6.64. The number of amides is 3. The Kier molecular flexibility index (Phi) is 10.2. The second-order valence-corrected chi connectivity index (χ2v) is 14.7. The van der Waals surface area contributed by atoms with Crippen LogP contribution in [0.1, 0.15) is 69.3 Å². The average Bonchev–Trinajstić information content (AvgIpc) is 3.67. The van der Waals surface area contributed by atoms with Gasteiger partial charge in [-0.2, -0.15) is 13.9 Å². The van der Waals surface area contributed by atoms with Gasteiger partial charge in [-0.25, -0.2) is 23.7 Å². The Hall–Kier alpha value is -5.44. The number of hydrogen-bond acceptors (Lipinski definition) is 7. The molecule has 0 saturated heterocycles. The van der Waals surface area contributed by atoms with Gasteiger partial charge in [0.1, 0.15) is 12.4 Å². The second-order valence-electron chi connectivity index (χ2n) is 14.3. The molecule has 0 spiro atoms. The zero-order valence-electron chi connectivity index (χ0n) is 29.2. The summed E-state index contributed by atoms with van der Waals surface area (Å²) >= 11 is 6.66. The van der Waals surface area contributed by atoms with E-state index in [-0.39, 0.29) is 29.2 Å². The van der Waals surface area contributed by atoms with E-state index in [9.17, 15) is 23.5 Å².